The second-order valence-corrected chi connectivity index (χ2v) is 4.12. The average molecular weight is 231 g/mol. The first kappa shape index (κ1) is 11.8. The Morgan fingerprint density at radius 3 is 2.88 bits per heavy atom. The van der Waals surface area contributed by atoms with E-state index in [1.807, 2.05) is 0 Å². The highest BCUT2D eigenvalue weighted by atomic mass is 15.2. The van der Waals surface area contributed by atoms with Gasteiger partial charge in [0.05, 0.1) is 6.20 Å². The maximum absolute atomic E-state index is 9.10. The van der Waals surface area contributed by atoms with Crippen LogP contribution in [0.1, 0.15) is 24.7 Å². The summed E-state index contributed by atoms with van der Waals surface area (Å²) in [6.45, 7) is 5.79. The molecule has 1 N–H and O–H groups in total. The Hall–Kier alpha value is -1.67. The number of aromatic nitrogens is 2. The van der Waals surface area contributed by atoms with Gasteiger partial charge in [-0.2, -0.15) is 5.26 Å². The SMILES string of the molecule is CCCc1ncc(C#N)c(N2CCNCC2)n1. The minimum absolute atomic E-state index is 0.576. The Morgan fingerprint density at radius 1 is 1.47 bits per heavy atom. The van der Waals surface area contributed by atoms with Crippen LogP contribution in [-0.2, 0) is 6.42 Å². The largest absolute Gasteiger partial charge is 0.353 e. The quantitative estimate of drug-likeness (QED) is 0.830. The Labute approximate surface area is 101 Å². The Morgan fingerprint density at radius 2 is 2.24 bits per heavy atom. The van der Waals surface area contributed by atoms with Gasteiger partial charge in [-0.1, -0.05) is 6.92 Å². The van der Waals surface area contributed by atoms with Crippen molar-refractivity contribution in [2.24, 2.45) is 0 Å². The summed E-state index contributed by atoms with van der Waals surface area (Å²) in [6, 6.07) is 2.18. The van der Waals surface area contributed by atoms with E-state index in [1.165, 1.54) is 0 Å². The predicted molar refractivity (Wildman–Crippen MR) is 65.8 cm³/mol. The van der Waals surface area contributed by atoms with Gasteiger partial charge in [0.2, 0.25) is 0 Å². The summed E-state index contributed by atoms with van der Waals surface area (Å²) in [7, 11) is 0. The molecule has 1 aliphatic heterocycles. The van der Waals surface area contributed by atoms with Crippen molar-refractivity contribution in [1.82, 2.24) is 15.3 Å². The second-order valence-electron chi connectivity index (χ2n) is 4.12. The van der Waals surface area contributed by atoms with Crippen molar-refractivity contribution >= 4 is 5.82 Å². The van der Waals surface area contributed by atoms with Crippen LogP contribution in [0.15, 0.2) is 6.20 Å². The zero-order chi connectivity index (χ0) is 12.1. The highest BCUT2D eigenvalue weighted by molar-refractivity contribution is 5.53. The summed E-state index contributed by atoms with van der Waals surface area (Å²) < 4.78 is 0. The highest BCUT2D eigenvalue weighted by Crippen LogP contribution is 2.17. The molecule has 0 spiro atoms. The molecule has 0 unspecified atom stereocenters. The molecular weight excluding hydrogens is 214 g/mol. The minimum atomic E-state index is 0.576. The van der Waals surface area contributed by atoms with Crippen LogP contribution in [0.3, 0.4) is 0 Å². The summed E-state index contributed by atoms with van der Waals surface area (Å²) in [4.78, 5) is 10.9. The maximum atomic E-state index is 9.10. The van der Waals surface area contributed by atoms with E-state index >= 15 is 0 Å². The number of hydrogen-bond donors (Lipinski definition) is 1. The van der Waals surface area contributed by atoms with Gasteiger partial charge in [-0.05, 0) is 6.42 Å². The molecule has 2 heterocycles. The van der Waals surface area contributed by atoms with Gasteiger partial charge >= 0.3 is 0 Å². The van der Waals surface area contributed by atoms with Crippen LogP contribution >= 0.6 is 0 Å². The molecule has 90 valence electrons. The zero-order valence-electron chi connectivity index (χ0n) is 10.1. The molecule has 0 bridgehead atoms. The van der Waals surface area contributed by atoms with Crippen molar-refractivity contribution in [1.29, 1.82) is 5.26 Å². The number of anilines is 1. The molecule has 5 heteroatoms. The van der Waals surface area contributed by atoms with Crippen LogP contribution in [0.5, 0.6) is 0 Å². The molecule has 5 nitrogen and oxygen atoms in total. The molecule has 17 heavy (non-hydrogen) atoms. The standard InChI is InChI=1S/C12H17N5/c1-2-3-11-15-9-10(8-13)12(16-11)17-6-4-14-5-7-17/h9,14H,2-7H2,1H3. The van der Waals surface area contributed by atoms with E-state index in [9.17, 15) is 0 Å². The average Bonchev–Trinajstić information content (AvgIpc) is 2.40. The van der Waals surface area contributed by atoms with E-state index in [4.69, 9.17) is 5.26 Å². The Bertz CT molecular complexity index is 417. The van der Waals surface area contributed by atoms with Crippen molar-refractivity contribution in [3.8, 4) is 6.07 Å². The third-order valence-corrected chi connectivity index (χ3v) is 2.83. The minimum Gasteiger partial charge on any atom is -0.353 e. The number of nitriles is 1. The van der Waals surface area contributed by atoms with Crippen LogP contribution in [0.25, 0.3) is 0 Å². The van der Waals surface area contributed by atoms with Crippen LogP contribution in [-0.4, -0.2) is 36.1 Å². The van der Waals surface area contributed by atoms with Crippen molar-refractivity contribution in [3.05, 3.63) is 17.6 Å². The number of aryl methyl sites for hydroxylation is 1. The normalized spacial score (nSPS) is 15.6. The summed E-state index contributed by atoms with van der Waals surface area (Å²) in [5.74, 6) is 1.63. The first-order valence-corrected chi connectivity index (χ1v) is 6.07. The van der Waals surface area contributed by atoms with Gasteiger partial charge in [-0.3, -0.25) is 0 Å². The number of nitrogens with one attached hydrogen (secondary N) is 1. The van der Waals surface area contributed by atoms with Crippen LogP contribution < -0.4 is 10.2 Å². The topological polar surface area (TPSA) is 64.8 Å². The fourth-order valence-corrected chi connectivity index (χ4v) is 1.95. The van der Waals surface area contributed by atoms with Crippen molar-refractivity contribution in [2.75, 3.05) is 31.1 Å². The first-order valence-electron chi connectivity index (χ1n) is 6.07. The van der Waals surface area contributed by atoms with Gasteiger partial charge < -0.3 is 10.2 Å². The van der Waals surface area contributed by atoms with Gasteiger partial charge in [0.15, 0.2) is 0 Å². The molecule has 1 aromatic heterocycles. The number of rotatable bonds is 3. The number of nitrogens with zero attached hydrogens (tertiary/aromatic N) is 4. The molecule has 0 aromatic carbocycles. The first-order chi connectivity index (χ1) is 8.35. The van der Waals surface area contributed by atoms with E-state index in [-0.39, 0.29) is 0 Å². The molecule has 0 aliphatic carbocycles. The fraction of sp³-hybridized carbons (Fsp3) is 0.583. The summed E-state index contributed by atoms with van der Waals surface area (Å²) in [5.41, 5.74) is 0.576. The number of piperazine rings is 1. The summed E-state index contributed by atoms with van der Waals surface area (Å²) in [5, 5.41) is 12.4. The molecule has 1 saturated heterocycles. The van der Waals surface area contributed by atoms with Crippen molar-refractivity contribution in [3.63, 3.8) is 0 Å². The Balaban J connectivity index is 2.28. The molecule has 1 aromatic rings. The van der Waals surface area contributed by atoms with E-state index in [0.29, 0.717) is 5.56 Å². The highest BCUT2D eigenvalue weighted by Gasteiger charge is 2.16. The van der Waals surface area contributed by atoms with Crippen molar-refractivity contribution in [2.45, 2.75) is 19.8 Å². The van der Waals surface area contributed by atoms with Crippen LogP contribution in [0.2, 0.25) is 0 Å². The van der Waals surface area contributed by atoms with E-state index < -0.39 is 0 Å². The zero-order valence-corrected chi connectivity index (χ0v) is 10.1. The van der Waals surface area contributed by atoms with E-state index in [2.05, 4.69) is 33.2 Å². The fourth-order valence-electron chi connectivity index (χ4n) is 1.95. The molecule has 1 fully saturated rings. The van der Waals surface area contributed by atoms with Gasteiger partial charge in [-0.25, -0.2) is 9.97 Å². The van der Waals surface area contributed by atoms with E-state index in [1.54, 1.807) is 6.20 Å². The molecule has 1 aliphatic rings. The molecule has 0 amide bonds. The van der Waals surface area contributed by atoms with Gasteiger partial charge in [-0.15, -0.1) is 0 Å². The molecular formula is C12H17N5. The lowest BCUT2D eigenvalue weighted by Crippen LogP contribution is -2.44. The maximum Gasteiger partial charge on any atom is 0.150 e. The summed E-state index contributed by atoms with van der Waals surface area (Å²) in [6.07, 6.45) is 3.53. The third kappa shape index (κ3) is 2.71. The molecule has 2 rings (SSSR count). The predicted octanol–water partition coefficient (Wildman–Crippen LogP) is 0.710. The van der Waals surface area contributed by atoms with Gasteiger partial charge in [0.25, 0.3) is 0 Å². The van der Waals surface area contributed by atoms with Crippen LogP contribution in [0.4, 0.5) is 5.82 Å². The van der Waals surface area contributed by atoms with Gasteiger partial charge in [0, 0.05) is 32.6 Å². The molecule has 0 radical (unpaired) electrons. The lowest BCUT2D eigenvalue weighted by molar-refractivity contribution is 0.582. The number of hydrogen-bond acceptors (Lipinski definition) is 5. The molecule has 0 saturated carbocycles. The smallest absolute Gasteiger partial charge is 0.150 e. The van der Waals surface area contributed by atoms with Crippen molar-refractivity contribution < 1.29 is 0 Å². The third-order valence-electron chi connectivity index (χ3n) is 2.83. The Kier molecular flexibility index (Phi) is 3.89. The molecule has 0 atom stereocenters. The summed E-state index contributed by atoms with van der Waals surface area (Å²) >= 11 is 0. The lowest BCUT2D eigenvalue weighted by atomic mass is 10.2. The monoisotopic (exact) mass is 231 g/mol. The lowest BCUT2D eigenvalue weighted by Gasteiger charge is -2.29. The van der Waals surface area contributed by atoms with E-state index in [0.717, 1.165) is 50.7 Å². The van der Waals surface area contributed by atoms with Gasteiger partial charge in [0.1, 0.15) is 23.3 Å². The second kappa shape index (κ2) is 5.60. The van der Waals surface area contributed by atoms with Crippen LogP contribution in [0, 0.1) is 11.3 Å².